The zero-order valence-corrected chi connectivity index (χ0v) is 18.3. The third-order valence-corrected chi connectivity index (χ3v) is 5.67. The minimum absolute atomic E-state index is 0.214. The summed E-state index contributed by atoms with van der Waals surface area (Å²) in [5, 5.41) is 5.55. The second-order valence-corrected chi connectivity index (χ2v) is 8.06. The number of halogens is 2. The molecule has 162 valence electrons. The molecule has 2 heterocycles. The highest BCUT2D eigenvalue weighted by Crippen LogP contribution is 2.32. The van der Waals surface area contributed by atoms with Gasteiger partial charge in [-0.1, -0.05) is 48.0 Å². The van der Waals surface area contributed by atoms with Crippen molar-refractivity contribution in [1.82, 2.24) is 14.9 Å². The van der Waals surface area contributed by atoms with Gasteiger partial charge >= 0.3 is 0 Å². The molecular weight excluding hydrogens is 437 g/mol. The van der Waals surface area contributed by atoms with Crippen LogP contribution in [0.5, 0.6) is 0 Å². The third kappa shape index (κ3) is 4.36. The topological polar surface area (TPSA) is 46.9 Å². The molecule has 0 bridgehead atoms. The molecule has 4 nitrogen and oxygen atoms in total. The molecule has 0 saturated carbocycles. The molecule has 5 rings (SSSR count). The Kier molecular flexibility index (Phi) is 5.63. The fourth-order valence-corrected chi connectivity index (χ4v) is 4.01. The number of para-hydroxylation sites is 1. The molecule has 0 fully saturated rings. The van der Waals surface area contributed by atoms with E-state index < -0.39 is 0 Å². The lowest BCUT2D eigenvalue weighted by Gasteiger charge is -2.08. The molecule has 0 radical (unpaired) electrons. The molecule has 0 atom stereocenters. The van der Waals surface area contributed by atoms with E-state index in [0.29, 0.717) is 11.6 Å². The van der Waals surface area contributed by atoms with Gasteiger partial charge in [0, 0.05) is 27.6 Å². The van der Waals surface area contributed by atoms with Crippen LogP contribution in [0.15, 0.2) is 91.1 Å². The molecule has 3 aromatic carbocycles. The van der Waals surface area contributed by atoms with Crippen LogP contribution in [-0.4, -0.2) is 15.5 Å². The zero-order chi connectivity index (χ0) is 22.8. The summed E-state index contributed by atoms with van der Waals surface area (Å²) < 4.78 is 15.9. The summed E-state index contributed by atoms with van der Waals surface area (Å²) in [5.41, 5.74) is 4.19. The van der Waals surface area contributed by atoms with Gasteiger partial charge in [-0.3, -0.25) is 9.78 Å². The normalized spacial score (nSPS) is 11.5. The van der Waals surface area contributed by atoms with Crippen molar-refractivity contribution in [2.75, 3.05) is 0 Å². The molecule has 0 spiro atoms. The van der Waals surface area contributed by atoms with Crippen LogP contribution in [0.2, 0.25) is 5.02 Å². The Bertz CT molecular complexity index is 1510. The van der Waals surface area contributed by atoms with E-state index in [0.717, 1.165) is 38.8 Å². The number of carbonyl (C=O) groups is 1. The van der Waals surface area contributed by atoms with E-state index in [1.165, 1.54) is 18.2 Å². The number of fused-ring (bicyclic) bond motifs is 3. The molecule has 0 aliphatic carbocycles. The smallest absolute Gasteiger partial charge is 0.244 e. The molecule has 33 heavy (non-hydrogen) atoms. The maximum Gasteiger partial charge on any atom is 0.244 e. The molecule has 0 aliphatic rings. The summed E-state index contributed by atoms with van der Waals surface area (Å²) in [6.07, 6.45) is 4.98. The molecule has 0 aliphatic heterocycles. The number of hydrogen-bond acceptors (Lipinski definition) is 2. The Morgan fingerprint density at radius 1 is 0.970 bits per heavy atom. The first kappa shape index (κ1) is 20.9. The van der Waals surface area contributed by atoms with Crippen LogP contribution in [0.25, 0.3) is 33.6 Å². The van der Waals surface area contributed by atoms with Crippen molar-refractivity contribution in [3.05, 3.63) is 113 Å². The molecule has 1 amide bonds. The van der Waals surface area contributed by atoms with Gasteiger partial charge in [0.1, 0.15) is 5.82 Å². The summed E-state index contributed by atoms with van der Waals surface area (Å²) in [6, 6.07) is 23.7. The fraction of sp³-hybridized carbons (Fsp3) is 0.0370. The Labute approximate surface area is 194 Å². The average molecular weight is 456 g/mol. The molecule has 5 aromatic rings. The van der Waals surface area contributed by atoms with Gasteiger partial charge in [-0.05, 0) is 54.1 Å². The van der Waals surface area contributed by atoms with E-state index in [-0.39, 0.29) is 11.7 Å². The molecule has 1 N–H and O–H groups in total. The lowest BCUT2D eigenvalue weighted by molar-refractivity contribution is -0.116. The molecule has 6 heteroatoms. The van der Waals surface area contributed by atoms with Crippen molar-refractivity contribution in [1.29, 1.82) is 0 Å². The SMILES string of the molecule is O=C(/C=C/c1ccc(Cl)cc1)NCc1cc2c3ccccc3n(-c3cccc(F)c3)c2cn1. The monoisotopic (exact) mass is 455 g/mol. The molecular formula is C27H19ClFN3O. The van der Waals surface area contributed by atoms with Crippen LogP contribution in [0.1, 0.15) is 11.3 Å². The fourth-order valence-electron chi connectivity index (χ4n) is 3.88. The number of pyridine rings is 1. The second kappa shape index (κ2) is 8.88. The maximum atomic E-state index is 13.9. The summed E-state index contributed by atoms with van der Waals surface area (Å²) in [4.78, 5) is 16.8. The number of carbonyl (C=O) groups excluding carboxylic acids is 1. The lowest BCUT2D eigenvalue weighted by atomic mass is 10.1. The van der Waals surface area contributed by atoms with Crippen molar-refractivity contribution in [3.8, 4) is 5.69 Å². The van der Waals surface area contributed by atoms with E-state index in [1.807, 2.05) is 53.1 Å². The van der Waals surface area contributed by atoms with Crippen LogP contribution < -0.4 is 5.32 Å². The van der Waals surface area contributed by atoms with E-state index in [9.17, 15) is 9.18 Å². The number of hydrogen-bond donors (Lipinski definition) is 1. The Morgan fingerprint density at radius 3 is 2.61 bits per heavy atom. The minimum atomic E-state index is -0.294. The predicted octanol–water partition coefficient (Wildman–Crippen LogP) is 6.30. The number of amides is 1. The minimum Gasteiger partial charge on any atom is -0.347 e. The lowest BCUT2D eigenvalue weighted by Crippen LogP contribution is -2.20. The number of rotatable bonds is 5. The van der Waals surface area contributed by atoms with Crippen LogP contribution in [0, 0.1) is 5.82 Å². The van der Waals surface area contributed by atoms with Crippen LogP contribution >= 0.6 is 11.6 Å². The largest absolute Gasteiger partial charge is 0.347 e. The number of nitrogens with zero attached hydrogens (tertiary/aromatic N) is 2. The van der Waals surface area contributed by atoms with Gasteiger partial charge in [-0.2, -0.15) is 0 Å². The van der Waals surface area contributed by atoms with E-state index in [1.54, 1.807) is 30.5 Å². The Balaban J connectivity index is 1.42. The number of nitrogens with one attached hydrogen (secondary N) is 1. The highest BCUT2D eigenvalue weighted by atomic mass is 35.5. The molecule has 0 unspecified atom stereocenters. The maximum absolute atomic E-state index is 13.9. The Hall–Kier alpha value is -3.96. The van der Waals surface area contributed by atoms with Gasteiger partial charge in [-0.25, -0.2) is 4.39 Å². The quantitative estimate of drug-likeness (QED) is 0.316. The zero-order valence-electron chi connectivity index (χ0n) is 17.5. The van der Waals surface area contributed by atoms with Gasteiger partial charge in [-0.15, -0.1) is 0 Å². The highest BCUT2D eigenvalue weighted by molar-refractivity contribution is 6.30. The summed E-state index contributed by atoms with van der Waals surface area (Å²) >= 11 is 5.88. The number of aromatic nitrogens is 2. The van der Waals surface area contributed by atoms with E-state index in [2.05, 4.69) is 10.3 Å². The van der Waals surface area contributed by atoms with Crippen molar-refractivity contribution in [3.63, 3.8) is 0 Å². The van der Waals surface area contributed by atoms with Gasteiger partial charge in [0.25, 0.3) is 0 Å². The second-order valence-electron chi connectivity index (χ2n) is 7.63. The van der Waals surface area contributed by atoms with Crippen molar-refractivity contribution < 1.29 is 9.18 Å². The summed E-state index contributed by atoms with van der Waals surface area (Å²) in [7, 11) is 0. The summed E-state index contributed by atoms with van der Waals surface area (Å²) in [5.74, 6) is -0.508. The van der Waals surface area contributed by atoms with Crippen LogP contribution in [-0.2, 0) is 11.3 Å². The number of benzene rings is 3. The van der Waals surface area contributed by atoms with Gasteiger partial charge in [0.15, 0.2) is 0 Å². The first-order valence-corrected chi connectivity index (χ1v) is 10.8. The van der Waals surface area contributed by atoms with Crippen LogP contribution in [0.4, 0.5) is 4.39 Å². The summed E-state index contributed by atoms with van der Waals surface area (Å²) in [6.45, 7) is 0.291. The van der Waals surface area contributed by atoms with Gasteiger partial charge < -0.3 is 9.88 Å². The van der Waals surface area contributed by atoms with Crippen molar-refractivity contribution in [2.24, 2.45) is 0 Å². The van der Waals surface area contributed by atoms with Crippen LogP contribution in [0.3, 0.4) is 0 Å². The Morgan fingerprint density at radius 2 is 1.79 bits per heavy atom. The van der Waals surface area contributed by atoms with E-state index >= 15 is 0 Å². The predicted molar refractivity (Wildman–Crippen MR) is 131 cm³/mol. The molecule has 0 saturated heterocycles. The average Bonchev–Trinajstić information content (AvgIpc) is 3.16. The van der Waals surface area contributed by atoms with Gasteiger partial charge in [0.05, 0.1) is 29.5 Å². The third-order valence-electron chi connectivity index (χ3n) is 5.42. The highest BCUT2D eigenvalue weighted by Gasteiger charge is 2.13. The van der Waals surface area contributed by atoms with E-state index in [4.69, 9.17) is 11.6 Å². The van der Waals surface area contributed by atoms with Gasteiger partial charge in [0.2, 0.25) is 5.91 Å². The van der Waals surface area contributed by atoms with Crippen molar-refractivity contribution >= 4 is 45.4 Å². The standard InChI is InChI=1S/C27H19ClFN3O/c28-19-11-8-18(9-12-19)10-13-27(33)31-16-21-15-24-23-6-1-2-7-25(23)32(26(24)17-30-21)22-5-3-4-20(29)14-22/h1-15,17H,16H2,(H,31,33)/b13-10+. The van der Waals surface area contributed by atoms with Crippen molar-refractivity contribution in [2.45, 2.75) is 6.54 Å². The first-order valence-electron chi connectivity index (χ1n) is 10.4. The molecule has 2 aromatic heterocycles. The first-order chi connectivity index (χ1) is 16.1.